The SMILES string of the molecule is NC(=O)C(=O)N1CCC(S(=O)(=O)c2ccccc2C(F)(F)F)CC1. The summed E-state index contributed by atoms with van der Waals surface area (Å²) in [6.07, 6.45) is -4.91. The number of likely N-dealkylation sites (tertiary alicyclic amines) is 1. The molecule has 0 aromatic heterocycles. The van der Waals surface area contributed by atoms with E-state index in [1.54, 1.807) is 0 Å². The van der Waals surface area contributed by atoms with Crippen LogP contribution in [0.1, 0.15) is 18.4 Å². The molecule has 2 N–H and O–H groups in total. The average Bonchev–Trinajstić information content (AvgIpc) is 2.53. The van der Waals surface area contributed by atoms with Gasteiger partial charge in [-0.2, -0.15) is 13.2 Å². The topological polar surface area (TPSA) is 97.5 Å². The van der Waals surface area contributed by atoms with Crippen molar-refractivity contribution in [2.75, 3.05) is 13.1 Å². The van der Waals surface area contributed by atoms with Crippen molar-refractivity contribution in [2.24, 2.45) is 5.73 Å². The van der Waals surface area contributed by atoms with Gasteiger partial charge in [0.05, 0.1) is 15.7 Å². The van der Waals surface area contributed by atoms with Crippen LogP contribution in [-0.2, 0) is 25.6 Å². The van der Waals surface area contributed by atoms with Gasteiger partial charge in [0.1, 0.15) is 0 Å². The summed E-state index contributed by atoms with van der Waals surface area (Å²) in [6.45, 7) is -0.111. The quantitative estimate of drug-likeness (QED) is 0.790. The van der Waals surface area contributed by atoms with Crippen LogP contribution in [0.3, 0.4) is 0 Å². The number of hydrogen-bond donors (Lipinski definition) is 1. The maximum absolute atomic E-state index is 13.0. The molecule has 10 heteroatoms. The second kappa shape index (κ2) is 6.42. The average molecular weight is 364 g/mol. The van der Waals surface area contributed by atoms with Gasteiger partial charge in [0.2, 0.25) is 0 Å². The summed E-state index contributed by atoms with van der Waals surface area (Å²) in [6, 6.07) is 4.00. The molecule has 1 aromatic rings. The number of primary amides is 1. The number of amides is 2. The zero-order valence-corrected chi connectivity index (χ0v) is 13.2. The van der Waals surface area contributed by atoms with Gasteiger partial charge >= 0.3 is 18.0 Å². The standard InChI is InChI=1S/C14H15F3N2O4S/c15-14(16,17)10-3-1-2-4-11(10)24(22,23)9-5-7-19(8-6-9)13(21)12(18)20/h1-4,9H,5-8H2,(H2,18,20). The number of benzene rings is 1. The van der Waals surface area contributed by atoms with Crippen LogP contribution in [0.25, 0.3) is 0 Å². The largest absolute Gasteiger partial charge is 0.417 e. The molecule has 0 saturated carbocycles. The summed E-state index contributed by atoms with van der Waals surface area (Å²) < 4.78 is 64.2. The number of carbonyl (C=O) groups is 2. The molecule has 1 aromatic carbocycles. The summed E-state index contributed by atoms with van der Waals surface area (Å²) in [5.41, 5.74) is 3.66. The van der Waals surface area contributed by atoms with Gasteiger partial charge in [-0.1, -0.05) is 12.1 Å². The summed E-state index contributed by atoms with van der Waals surface area (Å²) in [7, 11) is -4.22. The molecule has 1 heterocycles. The molecule has 1 aliphatic rings. The molecule has 1 saturated heterocycles. The smallest absolute Gasteiger partial charge is 0.361 e. The fraction of sp³-hybridized carbons (Fsp3) is 0.429. The van der Waals surface area contributed by atoms with Crippen LogP contribution in [-0.4, -0.2) is 43.5 Å². The predicted molar refractivity (Wildman–Crippen MR) is 77.4 cm³/mol. The molecule has 1 fully saturated rings. The van der Waals surface area contributed by atoms with E-state index in [-0.39, 0.29) is 25.9 Å². The number of piperidine rings is 1. The number of halogens is 3. The number of nitrogens with two attached hydrogens (primary N) is 1. The lowest BCUT2D eigenvalue weighted by Crippen LogP contribution is -2.47. The second-order valence-corrected chi connectivity index (χ2v) is 7.59. The fourth-order valence-corrected chi connectivity index (χ4v) is 4.60. The van der Waals surface area contributed by atoms with Crippen molar-refractivity contribution in [1.82, 2.24) is 4.90 Å². The number of carbonyl (C=O) groups excluding carboxylic acids is 2. The molecule has 0 unspecified atom stereocenters. The van der Waals surface area contributed by atoms with Crippen LogP contribution >= 0.6 is 0 Å². The lowest BCUT2D eigenvalue weighted by Gasteiger charge is -2.31. The Hall–Kier alpha value is -2.10. The van der Waals surface area contributed by atoms with E-state index < -0.39 is 43.5 Å². The Bertz CT molecular complexity index is 754. The summed E-state index contributed by atoms with van der Waals surface area (Å²) in [5, 5.41) is -1.06. The van der Waals surface area contributed by atoms with Crippen LogP contribution in [0, 0.1) is 0 Å². The van der Waals surface area contributed by atoms with Crippen molar-refractivity contribution in [3.05, 3.63) is 29.8 Å². The Balaban J connectivity index is 2.25. The summed E-state index contributed by atoms with van der Waals surface area (Å²) in [5.74, 6) is -2.08. The first-order chi connectivity index (χ1) is 11.0. The van der Waals surface area contributed by atoms with Crippen molar-refractivity contribution in [3.63, 3.8) is 0 Å². The third-order valence-corrected chi connectivity index (χ3v) is 6.20. The first-order valence-electron chi connectivity index (χ1n) is 7.04. The number of hydrogen-bond acceptors (Lipinski definition) is 4. The Morgan fingerprint density at radius 2 is 1.67 bits per heavy atom. The van der Waals surface area contributed by atoms with E-state index in [9.17, 15) is 31.2 Å². The highest BCUT2D eigenvalue weighted by Gasteiger charge is 2.40. The van der Waals surface area contributed by atoms with E-state index in [1.165, 1.54) is 6.07 Å². The van der Waals surface area contributed by atoms with E-state index in [1.807, 2.05) is 0 Å². The molecule has 24 heavy (non-hydrogen) atoms. The van der Waals surface area contributed by atoms with E-state index in [0.717, 1.165) is 23.1 Å². The monoisotopic (exact) mass is 364 g/mol. The van der Waals surface area contributed by atoms with Crippen LogP contribution in [0.4, 0.5) is 13.2 Å². The minimum Gasteiger partial charge on any atom is -0.361 e. The third kappa shape index (κ3) is 3.53. The number of alkyl halides is 3. The molecular formula is C14H15F3N2O4S. The zero-order chi connectivity index (χ0) is 18.1. The molecule has 0 atom stereocenters. The van der Waals surface area contributed by atoms with Crippen LogP contribution in [0.15, 0.2) is 29.2 Å². The summed E-state index contributed by atoms with van der Waals surface area (Å²) >= 11 is 0. The Morgan fingerprint density at radius 3 is 2.17 bits per heavy atom. The molecule has 6 nitrogen and oxygen atoms in total. The van der Waals surface area contributed by atoms with Crippen LogP contribution < -0.4 is 5.73 Å². The van der Waals surface area contributed by atoms with Gasteiger partial charge in [-0.05, 0) is 25.0 Å². The molecule has 1 aliphatic heterocycles. The second-order valence-electron chi connectivity index (χ2n) is 5.39. The van der Waals surface area contributed by atoms with Crippen molar-refractivity contribution < 1.29 is 31.2 Å². The molecule has 132 valence electrons. The maximum Gasteiger partial charge on any atom is 0.417 e. The van der Waals surface area contributed by atoms with Gasteiger partial charge in [0.15, 0.2) is 9.84 Å². The van der Waals surface area contributed by atoms with Crippen molar-refractivity contribution >= 4 is 21.7 Å². The van der Waals surface area contributed by atoms with Crippen LogP contribution in [0.2, 0.25) is 0 Å². The lowest BCUT2D eigenvalue weighted by atomic mass is 10.1. The van der Waals surface area contributed by atoms with E-state index in [0.29, 0.717) is 0 Å². The van der Waals surface area contributed by atoms with Gasteiger partial charge < -0.3 is 10.6 Å². The molecule has 0 bridgehead atoms. The van der Waals surface area contributed by atoms with Gasteiger partial charge in [0.25, 0.3) is 0 Å². The minimum absolute atomic E-state index is 0.0557. The van der Waals surface area contributed by atoms with Gasteiger partial charge in [-0.3, -0.25) is 9.59 Å². The molecule has 0 radical (unpaired) electrons. The molecule has 0 spiro atoms. The van der Waals surface area contributed by atoms with Crippen molar-refractivity contribution in [1.29, 1.82) is 0 Å². The molecule has 2 rings (SSSR count). The third-order valence-electron chi connectivity index (χ3n) is 3.88. The first kappa shape index (κ1) is 18.2. The van der Waals surface area contributed by atoms with Gasteiger partial charge in [0, 0.05) is 13.1 Å². The predicted octanol–water partition coefficient (Wildman–Crippen LogP) is 0.955. The highest BCUT2D eigenvalue weighted by molar-refractivity contribution is 7.92. The zero-order valence-electron chi connectivity index (χ0n) is 12.4. The molecular weight excluding hydrogens is 349 g/mol. The Labute approximate surface area is 136 Å². The van der Waals surface area contributed by atoms with Gasteiger partial charge in [-0.15, -0.1) is 0 Å². The first-order valence-corrected chi connectivity index (χ1v) is 8.58. The van der Waals surface area contributed by atoms with Crippen LogP contribution in [0.5, 0.6) is 0 Å². The normalized spacial score (nSPS) is 16.9. The number of rotatable bonds is 2. The summed E-state index contributed by atoms with van der Waals surface area (Å²) in [4.78, 5) is 22.6. The fourth-order valence-electron chi connectivity index (χ4n) is 2.65. The highest BCUT2D eigenvalue weighted by atomic mass is 32.2. The maximum atomic E-state index is 13.0. The highest BCUT2D eigenvalue weighted by Crippen LogP contribution is 2.36. The Morgan fingerprint density at radius 1 is 1.12 bits per heavy atom. The van der Waals surface area contributed by atoms with Crippen molar-refractivity contribution in [2.45, 2.75) is 29.2 Å². The molecule has 2 amide bonds. The number of nitrogens with zero attached hydrogens (tertiary/aromatic N) is 1. The lowest BCUT2D eigenvalue weighted by molar-refractivity contribution is -0.144. The Kier molecular flexibility index (Phi) is 4.88. The number of sulfone groups is 1. The van der Waals surface area contributed by atoms with E-state index in [2.05, 4.69) is 0 Å². The van der Waals surface area contributed by atoms with E-state index >= 15 is 0 Å². The van der Waals surface area contributed by atoms with E-state index in [4.69, 9.17) is 5.73 Å². The molecule has 0 aliphatic carbocycles. The minimum atomic E-state index is -4.79. The van der Waals surface area contributed by atoms with Crippen molar-refractivity contribution in [3.8, 4) is 0 Å². The van der Waals surface area contributed by atoms with Gasteiger partial charge in [-0.25, -0.2) is 8.42 Å².